The molecule has 0 N–H and O–H groups in total. The van der Waals surface area contributed by atoms with Gasteiger partial charge in [-0.1, -0.05) is 12.1 Å². The van der Waals surface area contributed by atoms with Gasteiger partial charge in [-0.2, -0.15) is 0 Å². The lowest BCUT2D eigenvalue weighted by Gasteiger charge is -2.19. The molecule has 0 amide bonds. The molecule has 0 saturated carbocycles. The van der Waals surface area contributed by atoms with Gasteiger partial charge >= 0.3 is 13.6 Å². The highest BCUT2D eigenvalue weighted by molar-refractivity contribution is 7.60. The summed E-state index contributed by atoms with van der Waals surface area (Å²) in [6, 6.07) is 5.38. The normalized spacial score (nSPS) is 12.3. The van der Waals surface area contributed by atoms with Crippen LogP contribution in [0.5, 0.6) is 0 Å². The van der Waals surface area contributed by atoms with Crippen LogP contribution in [-0.2, 0) is 23.1 Å². The van der Waals surface area contributed by atoms with E-state index in [0.29, 0.717) is 5.56 Å². The number of hydrogen-bond acceptors (Lipinski definition) is 5. The van der Waals surface area contributed by atoms with E-state index in [9.17, 15) is 13.8 Å². The predicted octanol–water partition coefficient (Wildman–Crippen LogP) is 4.00. The molecule has 1 rings (SSSR count). The second-order valence-electron chi connectivity index (χ2n) is 4.13. The SMILES string of the molecule is CCOC(=O)/C(=C\c1ccc(F)cc1)P(=O)(OCC)OCC. The number of esters is 1. The van der Waals surface area contributed by atoms with Crippen LogP contribution in [-0.4, -0.2) is 25.8 Å². The summed E-state index contributed by atoms with van der Waals surface area (Å²) in [5, 5.41) is -0.204. The molecule has 22 heavy (non-hydrogen) atoms. The molecule has 0 aliphatic rings. The van der Waals surface area contributed by atoms with E-state index in [4.69, 9.17) is 13.8 Å². The zero-order valence-electron chi connectivity index (χ0n) is 12.9. The van der Waals surface area contributed by atoms with Crippen molar-refractivity contribution >= 4 is 19.6 Å². The number of carbonyl (C=O) groups is 1. The van der Waals surface area contributed by atoms with Crippen molar-refractivity contribution in [2.24, 2.45) is 0 Å². The molecule has 122 valence electrons. The zero-order valence-corrected chi connectivity index (χ0v) is 13.8. The van der Waals surface area contributed by atoms with E-state index in [1.807, 2.05) is 0 Å². The summed E-state index contributed by atoms with van der Waals surface area (Å²) < 4.78 is 41.1. The van der Waals surface area contributed by atoms with Crippen LogP contribution in [0.25, 0.3) is 6.08 Å². The molecule has 0 fully saturated rings. The van der Waals surface area contributed by atoms with E-state index in [2.05, 4.69) is 0 Å². The van der Waals surface area contributed by atoms with Gasteiger partial charge in [0.05, 0.1) is 19.8 Å². The average molecular weight is 330 g/mol. The molecule has 7 heteroatoms. The third-order valence-corrected chi connectivity index (χ3v) is 4.65. The van der Waals surface area contributed by atoms with Gasteiger partial charge in [-0.15, -0.1) is 0 Å². The monoisotopic (exact) mass is 330 g/mol. The Morgan fingerprint density at radius 3 is 2.09 bits per heavy atom. The smallest absolute Gasteiger partial charge is 0.368 e. The summed E-state index contributed by atoms with van der Waals surface area (Å²) in [5.74, 6) is -1.19. The van der Waals surface area contributed by atoms with Crippen LogP contribution in [0.3, 0.4) is 0 Å². The van der Waals surface area contributed by atoms with Crippen LogP contribution < -0.4 is 0 Å². The third kappa shape index (κ3) is 5.05. The van der Waals surface area contributed by atoms with Crippen molar-refractivity contribution in [1.82, 2.24) is 0 Å². The minimum Gasteiger partial charge on any atom is -0.462 e. The van der Waals surface area contributed by atoms with Gasteiger partial charge < -0.3 is 13.8 Å². The van der Waals surface area contributed by atoms with Crippen molar-refractivity contribution in [3.63, 3.8) is 0 Å². The Kier molecular flexibility index (Phi) is 7.45. The van der Waals surface area contributed by atoms with Crippen molar-refractivity contribution < 1.29 is 27.5 Å². The molecule has 0 radical (unpaired) electrons. The van der Waals surface area contributed by atoms with E-state index in [1.54, 1.807) is 20.8 Å². The Balaban J connectivity index is 3.29. The first-order chi connectivity index (χ1) is 10.5. The van der Waals surface area contributed by atoms with Crippen molar-refractivity contribution in [3.05, 3.63) is 41.0 Å². The topological polar surface area (TPSA) is 61.8 Å². The lowest BCUT2D eigenvalue weighted by atomic mass is 10.2. The maximum atomic E-state index is 13.0. The second-order valence-corrected chi connectivity index (χ2v) is 6.13. The van der Waals surface area contributed by atoms with Crippen LogP contribution >= 0.6 is 7.60 Å². The molecule has 0 heterocycles. The summed E-state index contributed by atoms with van der Waals surface area (Å²) in [4.78, 5) is 12.1. The molecule has 0 aromatic heterocycles. The molecule has 1 aromatic carbocycles. The minimum absolute atomic E-state index is 0.109. The van der Waals surface area contributed by atoms with Gasteiger partial charge in [0.25, 0.3) is 0 Å². The van der Waals surface area contributed by atoms with E-state index in [0.717, 1.165) is 0 Å². The van der Waals surface area contributed by atoms with Crippen LogP contribution in [0.15, 0.2) is 29.6 Å². The molecule has 5 nitrogen and oxygen atoms in total. The number of hydrogen-bond donors (Lipinski definition) is 0. The molecule has 1 aromatic rings. The Morgan fingerprint density at radius 2 is 1.64 bits per heavy atom. The fraction of sp³-hybridized carbons (Fsp3) is 0.400. The standard InChI is InChI=1S/C15H20FO5P/c1-4-19-15(17)14(22(18,20-5-2)21-6-3)11-12-7-9-13(16)10-8-12/h7-11H,4-6H2,1-3H3/b14-11+. The predicted molar refractivity (Wildman–Crippen MR) is 81.9 cm³/mol. The highest BCUT2D eigenvalue weighted by Crippen LogP contribution is 2.57. The lowest BCUT2D eigenvalue weighted by molar-refractivity contribution is -0.137. The summed E-state index contributed by atoms with van der Waals surface area (Å²) in [6.07, 6.45) is 1.34. The van der Waals surface area contributed by atoms with Gasteiger partial charge in [-0.25, -0.2) is 9.18 Å². The number of rotatable bonds is 8. The minimum atomic E-state index is -3.80. The number of carbonyl (C=O) groups excluding carboxylic acids is 1. The molecule has 0 bridgehead atoms. The van der Waals surface area contributed by atoms with E-state index < -0.39 is 19.4 Å². The Labute approximate surface area is 129 Å². The fourth-order valence-corrected chi connectivity index (χ4v) is 3.32. The summed E-state index contributed by atoms with van der Waals surface area (Å²) in [5.41, 5.74) is 0.490. The van der Waals surface area contributed by atoms with Crippen LogP contribution in [0.4, 0.5) is 4.39 Å². The first-order valence-electron chi connectivity index (χ1n) is 7.00. The van der Waals surface area contributed by atoms with Crippen LogP contribution in [0, 0.1) is 5.82 Å². The first-order valence-corrected chi connectivity index (χ1v) is 8.55. The van der Waals surface area contributed by atoms with Gasteiger partial charge in [-0.05, 0) is 44.5 Å². The molecular weight excluding hydrogens is 310 g/mol. The van der Waals surface area contributed by atoms with Gasteiger partial charge in [0.2, 0.25) is 0 Å². The van der Waals surface area contributed by atoms with Crippen LogP contribution in [0.2, 0.25) is 0 Å². The maximum absolute atomic E-state index is 13.0. The Bertz CT molecular complexity index is 558. The summed E-state index contributed by atoms with van der Waals surface area (Å²) in [6.45, 7) is 5.27. The number of halogens is 1. The molecule has 0 spiro atoms. The maximum Gasteiger partial charge on any atom is 0.368 e. The molecule has 0 saturated heterocycles. The molecule has 0 unspecified atom stereocenters. The Hall–Kier alpha value is -1.49. The van der Waals surface area contributed by atoms with Crippen molar-refractivity contribution in [1.29, 1.82) is 0 Å². The number of ether oxygens (including phenoxy) is 1. The molecular formula is C15H20FO5P. The second kappa shape index (κ2) is 8.83. The lowest BCUT2D eigenvalue weighted by Crippen LogP contribution is -2.11. The Morgan fingerprint density at radius 1 is 1.09 bits per heavy atom. The highest BCUT2D eigenvalue weighted by Gasteiger charge is 2.36. The zero-order chi connectivity index (χ0) is 16.6. The van der Waals surface area contributed by atoms with E-state index in [1.165, 1.54) is 30.3 Å². The van der Waals surface area contributed by atoms with Gasteiger partial charge in [0.1, 0.15) is 11.1 Å². The quantitative estimate of drug-likeness (QED) is 0.410. The van der Waals surface area contributed by atoms with E-state index >= 15 is 0 Å². The summed E-state index contributed by atoms with van der Waals surface area (Å²) in [7, 11) is -3.80. The van der Waals surface area contributed by atoms with E-state index in [-0.39, 0.29) is 25.1 Å². The molecule has 0 atom stereocenters. The summed E-state index contributed by atoms with van der Waals surface area (Å²) >= 11 is 0. The third-order valence-electron chi connectivity index (χ3n) is 2.55. The molecule has 0 aliphatic heterocycles. The fourth-order valence-electron chi connectivity index (χ4n) is 1.69. The van der Waals surface area contributed by atoms with Crippen molar-refractivity contribution in [2.75, 3.05) is 19.8 Å². The first kappa shape index (κ1) is 18.6. The van der Waals surface area contributed by atoms with Gasteiger partial charge in [0, 0.05) is 0 Å². The van der Waals surface area contributed by atoms with Crippen LogP contribution in [0.1, 0.15) is 26.3 Å². The van der Waals surface area contributed by atoms with Crippen molar-refractivity contribution in [2.45, 2.75) is 20.8 Å². The van der Waals surface area contributed by atoms with Gasteiger partial charge in [-0.3, -0.25) is 4.57 Å². The number of benzene rings is 1. The van der Waals surface area contributed by atoms with Gasteiger partial charge in [0.15, 0.2) is 0 Å². The average Bonchev–Trinajstić information content (AvgIpc) is 2.47. The molecule has 0 aliphatic carbocycles. The van der Waals surface area contributed by atoms with Crippen molar-refractivity contribution in [3.8, 4) is 0 Å². The highest BCUT2D eigenvalue weighted by atomic mass is 31.2. The largest absolute Gasteiger partial charge is 0.462 e.